The van der Waals surface area contributed by atoms with Crippen LogP contribution in [0.3, 0.4) is 0 Å². The molecule has 0 aliphatic heterocycles. The van der Waals surface area contributed by atoms with Crippen LogP contribution in [0.2, 0.25) is 0 Å². The first-order chi connectivity index (χ1) is 9.13. The van der Waals surface area contributed by atoms with Gasteiger partial charge in [-0.3, -0.25) is 4.68 Å². The molecule has 0 amide bonds. The zero-order valence-electron chi connectivity index (χ0n) is 11.4. The van der Waals surface area contributed by atoms with Crippen molar-refractivity contribution in [1.29, 1.82) is 0 Å². The van der Waals surface area contributed by atoms with Gasteiger partial charge in [0, 0.05) is 30.1 Å². The maximum absolute atomic E-state index is 13.3. The maximum Gasteiger partial charge on any atom is 0.165 e. The highest BCUT2D eigenvalue weighted by atomic mass is 19.1. The lowest BCUT2D eigenvalue weighted by molar-refractivity contribution is 0.387. The third-order valence-electron chi connectivity index (χ3n) is 3.01. The van der Waals surface area contributed by atoms with E-state index in [0.29, 0.717) is 0 Å². The molecule has 1 N–H and O–H groups in total. The molecule has 1 atom stereocenters. The quantitative estimate of drug-likeness (QED) is 0.900. The second-order valence-electron chi connectivity index (χ2n) is 4.34. The molecule has 1 aromatic carbocycles. The minimum Gasteiger partial charge on any atom is -0.494 e. The van der Waals surface area contributed by atoms with E-state index >= 15 is 0 Å². The fourth-order valence-corrected chi connectivity index (χ4v) is 1.86. The number of methoxy groups -OCH3 is 1. The Labute approximate surface area is 112 Å². The number of nitrogens with zero attached hydrogens (tertiary/aromatic N) is 2. The van der Waals surface area contributed by atoms with Crippen molar-refractivity contribution in [1.82, 2.24) is 9.78 Å². The molecule has 0 radical (unpaired) electrons. The van der Waals surface area contributed by atoms with Crippen molar-refractivity contribution in [3.05, 3.63) is 42.0 Å². The number of ether oxygens (including phenoxy) is 1. The van der Waals surface area contributed by atoms with E-state index in [4.69, 9.17) is 4.74 Å². The second kappa shape index (κ2) is 5.73. The number of nitrogens with one attached hydrogen (secondary N) is 1. The highest BCUT2D eigenvalue weighted by Gasteiger charge is 2.09. The number of hydrogen-bond acceptors (Lipinski definition) is 3. The predicted octanol–water partition coefficient (Wildman–Crippen LogP) is 3.22. The predicted molar refractivity (Wildman–Crippen MR) is 72.9 cm³/mol. The van der Waals surface area contributed by atoms with E-state index in [1.807, 2.05) is 30.9 Å². The molecule has 5 heteroatoms. The van der Waals surface area contributed by atoms with Crippen LogP contribution >= 0.6 is 0 Å². The third-order valence-corrected chi connectivity index (χ3v) is 3.01. The van der Waals surface area contributed by atoms with E-state index in [0.717, 1.165) is 17.8 Å². The Kier molecular flexibility index (Phi) is 4.04. The van der Waals surface area contributed by atoms with Crippen molar-refractivity contribution in [3.8, 4) is 5.75 Å². The second-order valence-corrected chi connectivity index (χ2v) is 4.34. The van der Waals surface area contributed by atoms with E-state index < -0.39 is 0 Å². The van der Waals surface area contributed by atoms with Crippen molar-refractivity contribution in [2.24, 2.45) is 0 Å². The van der Waals surface area contributed by atoms with Gasteiger partial charge in [-0.2, -0.15) is 5.10 Å². The summed E-state index contributed by atoms with van der Waals surface area (Å²) in [5, 5.41) is 7.53. The van der Waals surface area contributed by atoms with Crippen LogP contribution in [0.15, 0.2) is 30.6 Å². The van der Waals surface area contributed by atoms with Crippen LogP contribution in [-0.4, -0.2) is 16.9 Å². The Hall–Kier alpha value is -2.04. The lowest BCUT2D eigenvalue weighted by Gasteiger charge is -2.14. The van der Waals surface area contributed by atoms with Crippen LogP contribution in [-0.2, 0) is 6.54 Å². The van der Waals surface area contributed by atoms with Gasteiger partial charge < -0.3 is 10.1 Å². The number of hydrogen-bond donors (Lipinski definition) is 1. The molecular formula is C14H18FN3O. The van der Waals surface area contributed by atoms with E-state index in [2.05, 4.69) is 10.4 Å². The minimum atomic E-state index is -0.362. The van der Waals surface area contributed by atoms with Gasteiger partial charge in [-0.25, -0.2) is 4.39 Å². The molecular weight excluding hydrogens is 245 g/mol. The van der Waals surface area contributed by atoms with Crippen molar-refractivity contribution >= 4 is 5.69 Å². The van der Waals surface area contributed by atoms with Gasteiger partial charge in [0.1, 0.15) is 0 Å². The van der Waals surface area contributed by atoms with Crippen molar-refractivity contribution in [2.75, 3.05) is 12.4 Å². The standard InChI is InChI=1S/C14H18FN3O/c1-4-18-9-11(8-16-18)10(2)17-12-5-6-13(15)14(7-12)19-3/h5-10,17H,4H2,1-3H3. The average Bonchev–Trinajstić information content (AvgIpc) is 2.90. The summed E-state index contributed by atoms with van der Waals surface area (Å²) >= 11 is 0. The Balaban J connectivity index is 2.11. The normalized spacial score (nSPS) is 12.2. The minimum absolute atomic E-state index is 0.0930. The average molecular weight is 263 g/mol. The summed E-state index contributed by atoms with van der Waals surface area (Å²) in [7, 11) is 1.46. The first kappa shape index (κ1) is 13.4. The highest BCUT2D eigenvalue weighted by molar-refractivity contribution is 5.50. The van der Waals surface area contributed by atoms with Crippen LogP contribution in [0.4, 0.5) is 10.1 Å². The summed E-state index contributed by atoms with van der Waals surface area (Å²) in [6.45, 7) is 4.92. The molecule has 1 aromatic heterocycles. The molecule has 4 nitrogen and oxygen atoms in total. The van der Waals surface area contributed by atoms with Gasteiger partial charge in [-0.15, -0.1) is 0 Å². The van der Waals surface area contributed by atoms with Gasteiger partial charge >= 0.3 is 0 Å². The first-order valence-corrected chi connectivity index (χ1v) is 6.26. The topological polar surface area (TPSA) is 39.1 Å². The fourth-order valence-electron chi connectivity index (χ4n) is 1.86. The number of halogens is 1. The Morgan fingerprint density at radius 1 is 1.47 bits per heavy atom. The number of rotatable bonds is 5. The van der Waals surface area contributed by atoms with Crippen LogP contribution < -0.4 is 10.1 Å². The Morgan fingerprint density at radius 2 is 2.26 bits per heavy atom. The molecule has 0 saturated carbocycles. The SMILES string of the molecule is CCn1cc(C(C)Nc2ccc(F)c(OC)c2)cn1. The van der Waals surface area contributed by atoms with Crippen molar-refractivity contribution < 1.29 is 9.13 Å². The summed E-state index contributed by atoms with van der Waals surface area (Å²) < 4.78 is 20.2. The van der Waals surface area contributed by atoms with Crippen LogP contribution in [0.5, 0.6) is 5.75 Å². The maximum atomic E-state index is 13.3. The van der Waals surface area contributed by atoms with Gasteiger partial charge in [0.05, 0.1) is 19.3 Å². The van der Waals surface area contributed by atoms with E-state index in [-0.39, 0.29) is 17.6 Å². The third kappa shape index (κ3) is 3.05. The Morgan fingerprint density at radius 3 is 2.89 bits per heavy atom. The molecule has 0 saturated heterocycles. The molecule has 102 valence electrons. The molecule has 1 unspecified atom stereocenters. The monoisotopic (exact) mass is 263 g/mol. The summed E-state index contributed by atoms with van der Waals surface area (Å²) in [5.41, 5.74) is 1.90. The number of aromatic nitrogens is 2. The molecule has 2 rings (SSSR count). The van der Waals surface area contributed by atoms with Gasteiger partial charge in [-0.05, 0) is 26.0 Å². The van der Waals surface area contributed by atoms with Crippen LogP contribution in [0, 0.1) is 5.82 Å². The summed E-state index contributed by atoms with van der Waals surface area (Å²) in [5.74, 6) is -0.124. The molecule has 0 fully saturated rings. The fraction of sp³-hybridized carbons (Fsp3) is 0.357. The number of anilines is 1. The number of aryl methyl sites for hydroxylation is 1. The first-order valence-electron chi connectivity index (χ1n) is 6.26. The molecule has 2 aromatic rings. The lowest BCUT2D eigenvalue weighted by atomic mass is 10.2. The van der Waals surface area contributed by atoms with Crippen molar-refractivity contribution in [2.45, 2.75) is 26.4 Å². The molecule has 0 spiro atoms. The summed E-state index contributed by atoms with van der Waals surface area (Å²) in [4.78, 5) is 0. The largest absolute Gasteiger partial charge is 0.494 e. The van der Waals surface area contributed by atoms with E-state index in [9.17, 15) is 4.39 Å². The molecule has 19 heavy (non-hydrogen) atoms. The van der Waals surface area contributed by atoms with Crippen LogP contribution in [0.1, 0.15) is 25.5 Å². The number of benzene rings is 1. The van der Waals surface area contributed by atoms with E-state index in [1.54, 1.807) is 12.1 Å². The molecule has 0 bridgehead atoms. The molecule has 0 aliphatic carbocycles. The van der Waals surface area contributed by atoms with Gasteiger partial charge in [0.2, 0.25) is 0 Å². The molecule has 1 heterocycles. The molecule has 0 aliphatic rings. The van der Waals surface area contributed by atoms with Gasteiger partial charge in [-0.1, -0.05) is 0 Å². The lowest BCUT2D eigenvalue weighted by Crippen LogP contribution is -2.06. The zero-order chi connectivity index (χ0) is 13.8. The summed E-state index contributed by atoms with van der Waals surface area (Å²) in [6, 6.07) is 4.83. The summed E-state index contributed by atoms with van der Waals surface area (Å²) in [6.07, 6.45) is 3.83. The van der Waals surface area contributed by atoms with Crippen LogP contribution in [0.25, 0.3) is 0 Å². The Bertz CT molecular complexity index is 553. The van der Waals surface area contributed by atoms with E-state index in [1.165, 1.54) is 13.2 Å². The zero-order valence-corrected chi connectivity index (χ0v) is 11.4. The highest BCUT2D eigenvalue weighted by Crippen LogP contribution is 2.24. The van der Waals surface area contributed by atoms with Crippen molar-refractivity contribution in [3.63, 3.8) is 0 Å². The smallest absolute Gasteiger partial charge is 0.165 e. The van der Waals surface area contributed by atoms with Gasteiger partial charge in [0.15, 0.2) is 11.6 Å². The van der Waals surface area contributed by atoms with Gasteiger partial charge in [0.25, 0.3) is 0 Å².